The van der Waals surface area contributed by atoms with E-state index in [2.05, 4.69) is 0 Å². The van der Waals surface area contributed by atoms with E-state index in [1.165, 1.54) is 25.1 Å². The molecule has 0 aliphatic carbocycles. The Kier molecular flexibility index (Phi) is 3.79. The molecule has 0 spiro atoms. The van der Waals surface area contributed by atoms with E-state index in [-0.39, 0.29) is 12.2 Å². The van der Waals surface area contributed by atoms with Gasteiger partial charge in [-0.05, 0) is 13.0 Å². The predicted molar refractivity (Wildman–Crippen MR) is 63.2 cm³/mol. The maximum Gasteiger partial charge on any atom is 0.414 e. The Morgan fingerprint density at radius 3 is 2.55 bits per heavy atom. The Morgan fingerprint density at radius 1 is 1.40 bits per heavy atom. The quantitative estimate of drug-likeness (QED) is 0.819. The predicted octanol–water partition coefficient (Wildman–Crippen LogP) is 1.94. The van der Waals surface area contributed by atoms with Gasteiger partial charge in [0.15, 0.2) is 6.10 Å². The molecule has 1 aromatic rings. The van der Waals surface area contributed by atoms with Crippen molar-refractivity contribution in [2.24, 2.45) is 11.7 Å². The number of hydrogen-bond donors (Lipinski definition) is 2. The van der Waals surface area contributed by atoms with Gasteiger partial charge in [0.2, 0.25) is 0 Å². The summed E-state index contributed by atoms with van der Waals surface area (Å²) < 4.78 is 57.3. The van der Waals surface area contributed by atoms with Crippen LogP contribution in [-0.4, -0.2) is 30.1 Å². The van der Waals surface area contributed by atoms with Crippen LogP contribution in [0.25, 0.3) is 0 Å². The Hall–Kier alpha value is -1.18. The molecule has 1 saturated heterocycles. The van der Waals surface area contributed by atoms with Crippen LogP contribution in [0.2, 0.25) is 0 Å². The number of benzene rings is 1. The molecule has 20 heavy (non-hydrogen) atoms. The number of rotatable bonds is 2. The van der Waals surface area contributed by atoms with Gasteiger partial charge in [-0.1, -0.05) is 18.2 Å². The summed E-state index contributed by atoms with van der Waals surface area (Å²) in [5.74, 6) is -2.19. The van der Waals surface area contributed by atoms with Crippen molar-refractivity contribution in [3.63, 3.8) is 0 Å². The number of hydrogen-bond acceptors (Lipinski definition) is 3. The number of alkyl halides is 3. The van der Waals surface area contributed by atoms with Crippen molar-refractivity contribution >= 4 is 0 Å². The van der Waals surface area contributed by atoms with E-state index in [0.29, 0.717) is 0 Å². The highest BCUT2D eigenvalue weighted by molar-refractivity contribution is 5.29. The molecule has 0 aromatic heterocycles. The van der Waals surface area contributed by atoms with Crippen LogP contribution in [0.1, 0.15) is 12.5 Å². The zero-order chi connectivity index (χ0) is 15.1. The lowest BCUT2D eigenvalue weighted by Gasteiger charge is -2.35. The largest absolute Gasteiger partial charge is 0.414 e. The fraction of sp³-hybridized carbons (Fsp3) is 0.538. The first-order valence-electron chi connectivity index (χ1n) is 6.08. The third-order valence-corrected chi connectivity index (χ3v) is 3.74. The fourth-order valence-electron chi connectivity index (χ4n) is 2.73. The summed E-state index contributed by atoms with van der Waals surface area (Å²) in [4.78, 5) is 0. The summed E-state index contributed by atoms with van der Waals surface area (Å²) in [6.45, 7) is 1.10. The first kappa shape index (κ1) is 15.2. The van der Waals surface area contributed by atoms with Crippen LogP contribution in [-0.2, 0) is 10.3 Å². The molecule has 0 saturated carbocycles. The van der Waals surface area contributed by atoms with Crippen molar-refractivity contribution in [2.75, 3.05) is 6.61 Å². The Labute approximate surface area is 113 Å². The summed E-state index contributed by atoms with van der Waals surface area (Å²) >= 11 is 0. The Bertz CT molecular complexity index is 494. The maximum atomic E-state index is 13.8. The topological polar surface area (TPSA) is 55.5 Å². The van der Waals surface area contributed by atoms with Gasteiger partial charge in [-0.2, -0.15) is 13.2 Å². The molecule has 0 amide bonds. The van der Waals surface area contributed by atoms with Gasteiger partial charge in [0.1, 0.15) is 5.82 Å². The highest BCUT2D eigenvalue weighted by Gasteiger charge is 2.58. The molecule has 4 atom stereocenters. The van der Waals surface area contributed by atoms with Gasteiger partial charge in [0, 0.05) is 11.5 Å². The second kappa shape index (κ2) is 4.98. The highest BCUT2D eigenvalue weighted by Crippen LogP contribution is 2.44. The number of halogens is 4. The normalized spacial score (nSPS) is 32.4. The zero-order valence-corrected chi connectivity index (χ0v) is 10.7. The van der Waals surface area contributed by atoms with Crippen molar-refractivity contribution in [3.05, 3.63) is 35.6 Å². The lowest BCUT2D eigenvalue weighted by molar-refractivity contribution is -0.227. The molecule has 2 rings (SSSR count). The molecule has 3 nitrogen and oxygen atoms in total. The van der Waals surface area contributed by atoms with Crippen LogP contribution in [0.15, 0.2) is 24.3 Å². The summed E-state index contributed by atoms with van der Waals surface area (Å²) in [6.07, 6.45) is -8.46. The summed E-state index contributed by atoms with van der Waals surface area (Å²) in [7, 11) is 0. The van der Waals surface area contributed by atoms with Gasteiger partial charge < -0.3 is 15.6 Å². The second-order valence-electron chi connectivity index (χ2n) is 5.05. The van der Waals surface area contributed by atoms with Crippen molar-refractivity contribution in [1.29, 1.82) is 0 Å². The Morgan fingerprint density at radius 2 is 2.00 bits per heavy atom. The minimum atomic E-state index is -4.84. The molecule has 4 unspecified atom stereocenters. The summed E-state index contributed by atoms with van der Waals surface area (Å²) in [5.41, 5.74) is 4.18. The average Bonchev–Trinajstić information content (AvgIpc) is 2.65. The van der Waals surface area contributed by atoms with Gasteiger partial charge in [-0.15, -0.1) is 0 Å². The minimum Gasteiger partial charge on any atom is -0.383 e. The van der Waals surface area contributed by atoms with E-state index in [1.54, 1.807) is 0 Å². The first-order valence-corrected chi connectivity index (χ1v) is 6.08. The molecule has 1 aromatic carbocycles. The van der Waals surface area contributed by atoms with Crippen molar-refractivity contribution in [2.45, 2.75) is 30.8 Å². The molecule has 1 aliphatic heterocycles. The van der Waals surface area contributed by atoms with Gasteiger partial charge in [0.05, 0.1) is 18.2 Å². The van der Waals surface area contributed by atoms with Crippen LogP contribution < -0.4 is 5.73 Å². The van der Waals surface area contributed by atoms with Gasteiger partial charge >= 0.3 is 6.18 Å². The lowest BCUT2D eigenvalue weighted by atomic mass is 9.75. The maximum absolute atomic E-state index is 13.8. The highest BCUT2D eigenvalue weighted by atomic mass is 19.4. The number of aliphatic hydroxyl groups excluding tert-OH is 1. The minimum absolute atomic E-state index is 0.0855. The fourth-order valence-corrected chi connectivity index (χ4v) is 2.73. The van der Waals surface area contributed by atoms with E-state index in [1.807, 2.05) is 0 Å². The van der Waals surface area contributed by atoms with Crippen LogP contribution in [0.3, 0.4) is 0 Å². The van der Waals surface area contributed by atoms with Gasteiger partial charge in [0.25, 0.3) is 0 Å². The first-order chi connectivity index (χ1) is 9.18. The third kappa shape index (κ3) is 2.41. The molecule has 3 N–H and O–H groups in total. The number of ether oxygens (including phenoxy) is 1. The van der Waals surface area contributed by atoms with Crippen LogP contribution in [0.5, 0.6) is 0 Å². The monoisotopic (exact) mass is 293 g/mol. The lowest BCUT2D eigenvalue weighted by Crippen LogP contribution is -2.54. The second-order valence-corrected chi connectivity index (χ2v) is 5.05. The van der Waals surface area contributed by atoms with Crippen molar-refractivity contribution in [1.82, 2.24) is 0 Å². The zero-order valence-electron chi connectivity index (χ0n) is 10.7. The van der Waals surface area contributed by atoms with E-state index >= 15 is 0 Å². The van der Waals surface area contributed by atoms with E-state index < -0.39 is 35.7 Å². The van der Waals surface area contributed by atoms with Crippen LogP contribution in [0.4, 0.5) is 17.6 Å². The Balaban J connectivity index is 2.46. The van der Waals surface area contributed by atoms with Crippen LogP contribution in [0, 0.1) is 11.7 Å². The third-order valence-electron chi connectivity index (χ3n) is 3.74. The van der Waals surface area contributed by atoms with Gasteiger partial charge in [-0.3, -0.25) is 0 Å². The standard InChI is InChI=1S/C13H15F4NO2/c1-7-10(11(19)13(15,16)17)12(18,6-20-7)8-4-2-3-5-9(8)14/h2-5,7,10-11,19H,6,18H2,1H3. The van der Waals surface area contributed by atoms with E-state index in [4.69, 9.17) is 10.5 Å². The van der Waals surface area contributed by atoms with Gasteiger partial charge in [-0.25, -0.2) is 4.39 Å². The number of nitrogens with two attached hydrogens (primary N) is 1. The molecular weight excluding hydrogens is 278 g/mol. The average molecular weight is 293 g/mol. The van der Waals surface area contributed by atoms with Crippen LogP contribution >= 0.6 is 0 Å². The molecule has 0 bridgehead atoms. The molecule has 1 aliphatic rings. The van der Waals surface area contributed by atoms with E-state index in [9.17, 15) is 22.7 Å². The summed E-state index contributed by atoms with van der Waals surface area (Å²) in [5, 5.41) is 9.54. The van der Waals surface area contributed by atoms with E-state index in [0.717, 1.165) is 6.07 Å². The molecule has 7 heteroatoms. The molecule has 1 fully saturated rings. The molecule has 112 valence electrons. The molecular formula is C13H15F4NO2. The van der Waals surface area contributed by atoms with Crippen molar-refractivity contribution in [3.8, 4) is 0 Å². The summed E-state index contributed by atoms with van der Waals surface area (Å²) in [6, 6.07) is 5.32. The molecule has 1 heterocycles. The SMILES string of the molecule is CC1OCC(N)(c2ccccc2F)C1C(O)C(F)(F)F. The molecule has 0 radical (unpaired) electrons. The smallest absolute Gasteiger partial charge is 0.383 e. The number of aliphatic hydroxyl groups is 1. The van der Waals surface area contributed by atoms with Crippen molar-refractivity contribution < 1.29 is 27.4 Å².